The molecule has 0 heterocycles. The first-order valence-corrected chi connectivity index (χ1v) is 22.9. The van der Waals surface area contributed by atoms with Crippen LogP contribution in [0.25, 0.3) is 0 Å². The first kappa shape index (κ1) is 56.5. The maximum absolute atomic E-state index is 11.7. The summed E-state index contributed by atoms with van der Waals surface area (Å²) in [5, 5.41) is 55.2. The van der Waals surface area contributed by atoms with Crippen LogP contribution in [0.4, 0.5) is 0 Å². The minimum absolute atomic E-state index is 0.145. The zero-order valence-electron chi connectivity index (χ0n) is 36.3. The van der Waals surface area contributed by atoms with Crippen molar-refractivity contribution in [1.82, 2.24) is 0 Å². The summed E-state index contributed by atoms with van der Waals surface area (Å²) >= 11 is 0. The van der Waals surface area contributed by atoms with E-state index in [4.69, 9.17) is 9.47 Å². The third-order valence-corrected chi connectivity index (χ3v) is 10.7. The van der Waals surface area contributed by atoms with E-state index in [1.807, 2.05) is 0 Å². The van der Waals surface area contributed by atoms with Crippen molar-refractivity contribution in [2.24, 2.45) is 10.8 Å². The highest BCUT2D eigenvalue weighted by Crippen LogP contribution is 2.18. The first-order valence-electron chi connectivity index (χ1n) is 22.9. The van der Waals surface area contributed by atoms with Gasteiger partial charge in [0.25, 0.3) is 0 Å². The fourth-order valence-electron chi connectivity index (χ4n) is 6.17. The predicted molar refractivity (Wildman–Crippen MR) is 228 cm³/mol. The molecule has 0 radical (unpaired) electrons. The lowest BCUT2D eigenvalue weighted by Gasteiger charge is -2.26. The molecule has 56 heavy (non-hydrogen) atoms. The van der Waals surface area contributed by atoms with Gasteiger partial charge >= 0.3 is 11.9 Å². The van der Waals surface area contributed by atoms with E-state index in [1.54, 1.807) is 0 Å². The van der Waals surface area contributed by atoms with E-state index in [9.17, 15) is 40.2 Å². The molecule has 0 saturated heterocycles. The minimum Gasteiger partial charge on any atom is -0.465 e. The number of hydrogen-bond acceptors (Lipinski definition) is 10. The van der Waals surface area contributed by atoms with Crippen LogP contribution in [-0.2, 0) is 19.1 Å². The van der Waals surface area contributed by atoms with Gasteiger partial charge in [-0.1, -0.05) is 167 Å². The van der Waals surface area contributed by atoms with Gasteiger partial charge in [-0.3, -0.25) is 9.59 Å². The smallest absolute Gasteiger partial charge is 0.305 e. The Balaban J connectivity index is 0. The molecule has 0 aliphatic heterocycles. The van der Waals surface area contributed by atoms with Crippen molar-refractivity contribution in [2.75, 3.05) is 52.9 Å². The predicted octanol–water partition coefficient (Wildman–Crippen LogP) is 9.28. The van der Waals surface area contributed by atoms with E-state index in [0.29, 0.717) is 12.8 Å². The van der Waals surface area contributed by atoms with Crippen LogP contribution in [0.2, 0.25) is 0 Å². The SMILES string of the molecule is CCCCCCCC/C=C\CCCCCCCC(=O)OCC(CO)(CO)CO.CCCCCCCCCCCCCCCCCC(=O)OCC(CO)(CO)CO. The molecule has 0 bridgehead atoms. The molecule has 0 rings (SSSR count). The summed E-state index contributed by atoms with van der Waals surface area (Å²) in [6.45, 7) is 1.73. The van der Waals surface area contributed by atoms with Gasteiger partial charge in [0.1, 0.15) is 13.2 Å². The van der Waals surface area contributed by atoms with Gasteiger partial charge in [-0.05, 0) is 38.5 Å². The molecule has 0 saturated carbocycles. The second-order valence-electron chi connectivity index (χ2n) is 16.3. The Morgan fingerprint density at radius 1 is 0.375 bits per heavy atom. The van der Waals surface area contributed by atoms with Crippen LogP contribution in [0, 0.1) is 10.8 Å². The van der Waals surface area contributed by atoms with Crippen molar-refractivity contribution in [3.05, 3.63) is 12.2 Å². The average molecular weight is 803 g/mol. The van der Waals surface area contributed by atoms with Crippen LogP contribution in [0.5, 0.6) is 0 Å². The molecular formula is C46H90O10. The molecular weight excluding hydrogens is 712 g/mol. The number of rotatable bonds is 41. The van der Waals surface area contributed by atoms with E-state index in [2.05, 4.69) is 26.0 Å². The summed E-state index contributed by atoms with van der Waals surface area (Å²) in [5.74, 6) is -0.660. The molecule has 0 atom stereocenters. The quantitative estimate of drug-likeness (QED) is 0.0199. The first-order chi connectivity index (χ1) is 27.3. The third-order valence-electron chi connectivity index (χ3n) is 10.7. The molecule has 0 amide bonds. The Bertz CT molecular complexity index is 840. The molecule has 0 aromatic rings. The van der Waals surface area contributed by atoms with E-state index in [0.717, 1.165) is 44.9 Å². The molecule has 0 aliphatic carbocycles. The Morgan fingerprint density at radius 3 is 0.857 bits per heavy atom. The summed E-state index contributed by atoms with van der Waals surface area (Å²) < 4.78 is 10.2. The summed E-state index contributed by atoms with van der Waals surface area (Å²) in [7, 11) is 0. The van der Waals surface area contributed by atoms with Gasteiger partial charge in [0, 0.05) is 12.8 Å². The zero-order valence-corrected chi connectivity index (χ0v) is 36.3. The maximum Gasteiger partial charge on any atom is 0.305 e. The van der Waals surface area contributed by atoms with E-state index in [1.165, 1.54) is 135 Å². The summed E-state index contributed by atoms with van der Waals surface area (Å²) in [4.78, 5) is 23.4. The number of unbranched alkanes of at least 4 members (excludes halogenated alkanes) is 25. The van der Waals surface area contributed by atoms with Crippen molar-refractivity contribution in [2.45, 2.75) is 206 Å². The fraction of sp³-hybridized carbons (Fsp3) is 0.913. The second-order valence-corrected chi connectivity index (χ2v) is 16.3. The van der Waals surface area contributed by atoms with E-state index in [-0.39, 0.29) is 25.2 Å². The minimum atomic E-state index is -1.14. The zero-order chi connectivity index (χ0) is 41.9. The largest absolute Gasteiger partial charge is 0.465 e. The molecule has 334 valence electrons. The number of carbonyl (C=O) groups is 2. The number of aliphatic hydroxyl groups excluding tert-OH is 6. The van der Waals surface area contributed by atoms with Gasteiger partial charge < -0.3 is 40.1 Å². The summed E-state index contributed by atoms with van der Waals surface area (Å²) in [6.07, 6.45) is 40.3. The van der Waals surface area contributed by atoms with Gasteiger partial charge in [0.2, 0.25) is 0 Å². The molecule has 0 spiro atoms. The van der Waals surface area contributed by atoms with Crippen molar-refractivity contribution in [3.63, 3.8) is 0 Å². The lowest BCUT2D eigenvalue weighted by atomic mass is 9.92. The van der Waals surface area contributed by atoms with Crippen LogP contribution in [-0.4, -0.2) is 95.4 Å². The Kier molecular flexibility index (Phi) is 43.4. The maximum atomic E-state index is 11.7. The lowest BCUT2D eigenvalue weighted by Crippen LogP contribution is -2.39. The lowest BCUT2D eigenvalue weighted by molar-refractivity contribution is -0.152. The monoisotopic (exact) mass is 803 g/mol. The number of esters is 2. The van der Waals surface area contributed by atoms with Crippen LogP contribution in [0.3, 0.4) is 0 Å². The molecule has 10 nitrogen and oxygen atoms in total. The second kappa shape index (κ2) is 43.0. The van der Waals surface area contributed by atoms with Crippen LogP contribution >= 0.6 is 0 Å². The van der Waals surface area contributed by atoms with Crippen molar-refractivity contribution >= 4 is 11.9 Å². The highest BCUT2D eigenvalue weighted by Gasteiger charge is 2.31. The molecule has 0 fully saturated rings. The Labute approximate surface area is 343 Å². The molecule has 6 N–H and O–H groups in total. The van der Waals surface area contributed by atoms with Gasteiger partial charge in [-0.25, -0.2) is 0 Å². The van der Waals surface area contributed by atoms with Gasteiger partial charge in [0.05, 0.1) is 50.5 Å². The number of aliphatic hydroxyl groups is 6. The van der Waals surface area contributed by atoms with Crippen molar-refractivity contribution in [3.8, 4) is 0 Å². The van der Waals surface area contributed by atoms with E-state index >= 15 is 0 Å². The summed E-state index contributed by atoms with van der Waals surface area (Å²) in [5.41, 5.74) is -2.27. The Hall–Kier alpha value is -1.56. The van der Waals surface area contributed by atoms with Gasteiger partial charge in [-0.15, -0.1) is 0 Å². The highest BCUT2D eigenvalue weighted by molar-refractivity contribution is 5.69. The summed E-state index contributed by atoms with van der Waals surface area (Å²) in [6, 6.07) is 0. The number of allylic oxidation sites excluding steroid dienone is 2. The fourth-order valence-corrected chi connectivity index (χ4v) is 6.17. The van der Waals surface area contributed by atoms with Crippen molar-refractivity contribution < 1.29 is 49.7 Å². The number of ether oxygens (including phenoxy) is 2. The van der Waals surface area contributed by atoms with Crippen LogP contribution in [0.1, 0.15) is 206 Å². The van der Waals surface area contributed by atoms with Crippen LogP contribution < -0.4 is 0 Å². The van der Waals surface area contributed by atoms with Crippen molar-refractivity contribution in [1.29, 1.82) is 0 Å². The number of carbonyl (C=O) groups excluding carboxylic acids is 2. The van der Waals surface area contributed by atoms with Gasteiger partial charge in [0.15, 0.2) is 0 Å². The van der Waals surface area contributed by atoms with Crippen LogP contribution in [0.15, 0.2) is 12.2 Å². The average Bonchev–Trinajstić information content (AvgIpc) is 3.22. The molecule has 0 aromatic heterocycles. The Morgan fingerprint density at radius 2 is 0.607 bits per heavy atom. The molecule has 10 heteroatoms. The van der Waals surface area contributed by atoms with Gasteiger partial charge in [-0.2, -0.15) is 0 Å². The normalized spacial score (nSPS) is 11.9. The standard InChI is InChI=1S/C23H46O5.C23H44O5/c2*1-2-3-4-5-6-7-8-9-10-11-12-13-14-15-16-17-22(27)28-21-23(18-24,19-25)20-26/h24-26H,2-21H2,1H3;9-10,24-26H,2-8,11-21H2,1H3/b;10-9-. The molecule has 0 unspecified atom stereocenters. The number of hydrogen-bond donors (Lipinski definition) is 6. The third kappa shape index (κ3) is 35.6. The van der Waals surface area contributed by atoms with E-state index < -0.39 is 50.5 Å². The topological polar surface area (TPSA) is 174 Å². The molecule has 0 aliphatic rings. The molecule has 0 aromatic carbocycles. The highest BCUT2D eigenvalue weighted by atomic mass is 16.5.